The van der Waals surface area contributed by atoms with E-state index in [4.69, 9.17) is 0 Å². The lowest BCUT2D eigenvalue weighted by molar-refractivity contribution is 0.339. The molecule has 1 aliphatic rings. The van der Waals surface area contributed by atoms with Gasteiger partial charge in [-0.3, -0.25) is 4.79 Å². The molecule has 1 saturated heterocycles. The van der Waals surface area contributed by atoms with Crippen LogP contribution in [0.15, 0.2) is 17.1 Å². The lowest BCUT2D eigenvalue weighted by Crippen LogP contribution is -2.23. The van der Waals surface area contributed by atoms with Crippen LogP contribution < -0.4 is 10.5 Å². The van der Waals surface area contributed by atoms with E-state index in [1.54, 1.807) is 6.20 Å². The first-order valence-electron chi connectivity index (χ1n) is 7.32. The first-order valence-corrected chi connectivity index (χ1v) is 8.14. The second kappa shape index (κ2) is 5.52. The molecule has 1 fully saturated rings. The van der Waals surface area contributed by atoms with Crippen LogP contribution in [0.3, 0.4) is 0 Å². The summed E-state index contributed by atoms with van der Waals surface area (Å²) < 4.78 is 1.41. The average Bonchev–Trinajstić information content (AvgIpc) is 3.07. The third-order valence-corrected chi connectivity index (χ3v) is 5.35. The largest absolute Gasteiger partial charge is 0.346 e. The van der Waals surface area contributed by atoms with E-state index >= 15 is 0 Å². The molecule has 108 valence electrons. The Morgan fingerprint density at radius 3 is 2.95 bits per heavy atom. The number of aromatic nitrogens is 3. The number of fused-ring (bicyclic) bond motifs is 1. The second-order valence-corrected chi connectivity index (χ2v) is 6.37. The Kier molecular flexibility index (Phi) is 3.74. The van der Waals surface area contributed by atoms with Crippen molar-refractivity contribution >= 4 is 21.4 Å². The maximum atomic E-state index is 11.7. The van der Waals surface area contributed by atoms with Crippen molar-refractivity contribution in [2.24, 2.45) is 11.8 Å². The van der Waals surface area contributed by atoms with E-state index in [2.05, 4.69) is 28.8 Å². The summed E-state index contributed by atoms with van der Waals surface area (Å²) in [6.07, 6.45) is 5.27. The van der Waals surface area contributed by atoms with Crippen LogP contribution in [0.5, 0.6) is 0 Å². The highest BCUT2D eigenvalue weighted by atomic mass is 32.1. The van der Waals surface area contributed by atoms with Gasteiger partial charge in [-0.05, 0) is 18.3 Å². The number of rotatable bonds is 4. The molecular weight excluding hydrogens is 272 g/mol. The highest BCUT2D eigenvalue weighted by Crippen LogP contribution is 2.33. The summed E-state index contributed by atoms with van der Waals surface area (Å²) in [6.45, 7) is 6.65. The van der Waals surface area contributed by atoms with E-state index in [1.165, 1.54) is 41.2 Å². The topological polar surface area (TPSA) is 50.5 Å². The summed E-state index contributed by atoms with van der Waals surface area (Å²) in [7, 11) is 0. The van der Waals surface area contributed by atoms with Gasteiger partial charge in [0.1, 0.15) is 0 Å². The Hall–Kier alpha value is -1.43. The van der Waals surface area contributed by atoms with Crippen LogP contribution in [0.25, 0.3) is 4.96 Å². The molecule has 1 unspecified atom stereocenters. The molecule has 6 heteroatoms. The quantitative estimate of drug-likeness (QED) is 0.868. The Bertz CT molecular complexity index is 646. The number of hydrogen-bond acceptors (Lipinski definition) is 5. The maximum Gasteiger partial charge on any atom is 0.275 e. The fourth-order valence-corrected chi connectivity index (χ4v) is 4.07. The molecule has 0 N–H and O–H groups in total. The third kappa shape index (κ3) is 2.32. The molecule has 1 aliphatic heterocycles. The molecule has 3 rings (SSSR count). The van der Waals surface area contributed by atoms with Crippen LogP contribution in [-0.4, -0.2) is 27.7 Å². The average molecular weight is 292 g/mol. The van der Waals surface area contributed by atoms with Gasteiger partial charge in [0, 0.05) is 25.4 Å². The molecule has 5 nitrogen and oxygen atoms in total. The Balaban J connectivity index is 1.83. The van der Waals surface area contributed by atoms with E-state index in [0.717, 1.165) is 30.1 Å². The minimum atomic E-state index is -0.103. The standard InChI is InChI=1S/C14H20N4OS/c1-3-10(4-2)11-6-8-17(9-11)14-16-18-12(19)5-7-15-13(18)20-14/h5,7,10-11H,3-4,6,8-9H2,1-2H3. The number of nitrogens with zero attached hydrogens (tertiary/aromatic N) is 4. The lowest BCUT2D eigenvalue weighted by Gasteiger charge is -2.20. The van der Waals surface area contributed by atoms with Crippen molar-refractivity contribution < 1.29 is 0 Å². The van der Waals surface area contributed by atoms with Crippen LogP contribution in [0, 0.1) is 11.8 Å². The first-order chi connectivity index (χ1) is 9.72. The molecule has 0 aliphatic carbocycles. The molecule has 0 bridgehead atoms. The second-order valence-electron chi connectivity index (χ2n) is 5.43. The molecule has 3 heterocycles. The molecule has 20 heavy (non-hydrogen) atoms. The summed E-state index contributed by atoms with van der Waals surface area (Å²) in [4.78, 5) is 18.9. The SMILES string of the molecule is CCC(CC)C1CCN(c2nn3c(=O)ccnc3s2)C1. The summed E-state index contributed by atoms with van der Waals surface area (Å²) >= 11 is 1.50. The van der Waals surface area contributed by atoms with Crippen LogP contribution in [0.2, 0.25) is 0 Å². The van der Waals surface area contributed by atoms with Crippen molar-refractivity contribution in [2.45, 2.75) is 33.1 Å². The van der Waals surface area contributed by atoms with Gasteiger partial charge in [-0.2, -0.15) is 4.52 Å². The number of hydrogen-bond donors (Lipinski definition) is 0. The zero-order chi connectivity index (χ0) is 14.1. The van der Waals surface area contributed by atoms with E-state index in [-0.39, 0.29) is 5.56 Å². The highest BCUT2D eigenvalue weighted by Gasteiger charge is 2.29. The van der Waals surface area contributed by atoms with Gasteiger partial charge >= 0.3 is 0 Å². The van der Waals surface area contributed by atoms with Crippen molar-refractivity contribution in [3.63, 3.8) is 0 Å². The highest BCUT2D eigenvalue weighted by molar-refractivity contribution is 7.20. The van der Waals surface area contributed by atoms with Gasteiger partial charge in [0.15, 0.2) is 0 Å². The van der Waals surface area contributed by atoms with Gasteiger partial charge in [0.25, 0.3) is 5.56 Å². The minimum Gasteiger partial charge on any atom is -0.346 e. The van der Waals surface area contributed by atoms with Crippen molar-refractivity contribution in [3.05, 3.63) is 22.6 Å². The predicted molar refractivity (Wildman–Crippen MR) is 81.5 cm³/mol. The molecule has 2 aromatic rings. The fourth-order valence-electron chi connectivity index (χ4n) is 3.16. The van der Waals surface area contributed by atoms with E-state index in [1.807, 2.05) is 0 Å². The van der Waals surface area contributed by atoms with Crippen molar-refractivity contribution in [3.8, 4) is 0 Å². The molecular formula is C14H20N4OS. The lowest BCUT2D eigenvalue weighted by atomic mass is 9.87. The smallest absolute Gasteiger partial charge is 0.275 e. The van der Waals surface area contributed by atoms with Crippen LogP contribution in [0.1, 0.15) is 33.1 Å². The Labute approximate surface area is 122 Å². The van der Waals surface area contributed by atoms with Gasteiger partial charge in [0.2, 0.25) is 10.1 Å². The predicted octanol–water partition coefficient (Wildman–Crippen LogP) is 2.41. The maximum absolute atomic E-state index is 11.7. The van der Waals surface area contributed by atoms with Gasteiger partial charge in [-0.15, -0.1) is 5.10 Å². The van der Waals surface area contributed by atoms with Gasteiger partial charge in [0.05, 0.1) is 0 Å². The summed E-state index contributed by atoms with van der Waals surface area (Å²) in [5.74, 6) is 1.55. The molecule has 0 radical (unpaired) electrons. The minimum absolute atomic E-state index is 0.103. The van der Waals surface area contributed by atoms with Crippen molar-refractivity contribution in [1.29, 1.82) is 0 Å². The fraction of sp³-hybridized carbons (Fsp3) is 0.643. The normalized spacial score (nSPS) is 19.4. The molecule has 0 aromatic carbocycles. The van der Waals surface area contributed by atoms with Crippen LogP contribution in [-0.2, 0) is 0 Å². The van der Waals surface area contributed by atoms with Gasteiger partial charge < -0.3 is 4.90 Å². The summed E-state index contributed by atoms with van der Waals surface area (Å²) in [5, 5.41) is 5.35. The van der Waals surface area contributed by atoms with Gasteiger partial charge in [-0.1, -0.05) is 38.0 Å². The van der Waals surface area contributed by atoms with E-state index < -0.39 is 0 Å². The Morgan fingerprint density at radius 1 is 1.45 bits per heavy atom. The van der Waals surface area contributed by atoms with E-state index in [0.29, 0.717) is 4.96 Å². The Morgan fingerprint density at radius 2 is 2.25 bits per heavy atom. The summed E-state index contributed by atoms with van der Waals surface area (Å²) in [5.41, 5.74) is -0.103. The zero-order valence-electron chi connectivity index (χ0n) is 12.0. The number of anilines is 1. The molecule has 0 amide bonds. The van der Waals surface area contributed by atoms with Crippen molar-refractivity contribution in [2.75, 3.05) is 18.0 Å². The molecule has 2 aromatic heterocycles. The van der Waals surface area contributed by atoms with Crippen LogP contribution >= 0.6 is 11.3 Å². The third-order valence-electron chi connectivity index (χ3n) is 4.37. The zero-order valence-corrected chi connectivity index (χ0v) is 12.8. The molecule has 0 saturated carbocycles. The van der Waals surface area contributed by atoms with Crippen molar-refractivity contribution in [1.82, 2.24) is 14.6 Å². The first kappa shape index (κ1) is 13.5. The van der Waals surface area contributed by atoms with Crippen LogP contribution in [0.4, 0.5) is 5.13 Å². The van der Waals surface area contributed by atoms with E-state index in [9.17, 15) is 4.79 Å². The van der Waals surface area contributed by atoms with Gasteiger partial charge in [-0.25, -0.2) is 4.98 Å². The summed E-state index contributed by atoms with van der Waals surface area (Å²) in [6, 6.07) is 1.45. The monoisotopic (exact) mass is 292 g/mol. The molecule has 0 spiro atoms. The molecule has 1 atom stereocenters.